The predicted molar refractivity (Wildman–Crippen MR) is 156 cm³/mol. The fourth-order valence-corrected chi connectivity index (χ4v) is 7.42. The van der Waals surface area contributed by atoms with Gasteiger partial charge in [-0.05, 0) is 56.1 Å². The van der Waals surface area contributed by atoms with Gasteiger partial charge in [-0.1, -0.05) is 36.4 Å². The SMILES string of the molecule is N#Cc1c2ccccc2n2c(=O)c3c(Br)cc4c5c(c(Br)cc(c35)c12)c(=O)n1c2ccccc2c(C#N)c41. The molecule has 0 spiro atoms. The van der Waals surface area contributed by atoms with Crippen LogP contribution in [0.3, 0.4) is 0 Å². The summed E-state index contributed by atoms with van der Waals surface area (Å²) in [6.07, 6.45) is 0. The first-order chi connectivity index (χ1) is 18.5. The predicted octanol–water partition coefficient (Wildman–Crippen LogP) is 6.82. The average Bonchev–Trinajstić information content (AvgIpc) is 3.44. The molecule has 4 heterocycles. The van der Waals surface area contributed by atoms with E-state index in [2.05, 4.69) is 44.0 Å². The Balaban J connectivity index is 1.82. The number of benzene rings is 4. The Labute approximate surface area is 229 Å². The molecule has 0 bridgehead atoms. The van der Waals surface area contributed by atoms with Crippen molar-refractivity contribution >= 4 is 97.0 Å². The third-order valence-electron chi connectivity index (χ3n) is 7.63. The molecule has 0 aliphatic carbocycles. The number of aromatic nitrogens is 2. The van der Waals surface area contributed by atoms with Gasteiger partial charge in [0.15, 0.2) is 0 Å². The van der Waals surface area contributed by atoms with Crippen LogP contribution in [0.5, 0.6) is 0 Å². The normalized spacial score (nSPS) is 12.1. The minimum Gasteiger partial charge on any atom is -0.274 e. The van der Waals surface area contributed by atoms with E-state index in [1.807, 2.05) is 60.7 Å². The molecule has 0 unspecified atom stereocenters. The topological polar surface area (TPSA) is 90.5 Å². The summed E-state index contributed by atoms with van der Waals surface area (Å²) in [6, 6.07) is 23.0. The number of halogens is 2. The molecular weight excluding hydrogens is 608 g/mol. The number of nitrogens with zero attached hydrogens (tertiary/aromatic N) is 4. The summed E-state index contributed by atoms with van der Waals surface area (Å²) in [5.74, 6) is 0. The first-order valence-electron chi connectivity index (χ1n) is 11.6. The van der Waals surface area contributed by atoms with Crippen molar-refractivity contribution in [1.82, 2.24) is 8.80 Å². The van der Waals surface area contributed by atoms with Gasteiger partial charge in [0, 0.05) is 41.3 Å². The smallest absolute Gasteiger partial charge is 0.264 e. The zero-order valence-corrected chi connectivity index (χ0v) is 22.3. The summed E-state index contributed by atoms with van der Waals surface area (Å²) in [7, 11) is 0. The summed E-state index contributed by atoms with van der Waals surface area (Å²) in [5.41, 5.74) is 2.54. The lowest BCUT2D eigenvalue weighted by Crippen LogP contribution is -2.17. The maximum absolute atomic E-state index is 14.1. The second-order valence-electron chi connectivity index (χ2n) is 9.30. The standard InChI is InChI=1S/C30H10Br2N4O2/c31-19-9-15-23-24-16(28-18(12-34)14-6-2-4-8-22(14)36(28)30(38)26(19)24)10-20(32)25(23)29(37)35-21-7-3-1-5-13(21)17(11-33)27(15)35/h1-10H. The number of hydrogen-bond acceptors (Lipinski definition) is 4. The number of nitriles is 2. The Bertz CT molecular complexity index is 2420. The third kappa shape index (κ3) is 2.27. The first kappa shape index (κ1) is 21.6. The lowest BCUT2D eigenvalue weighted by Gasteiger charge is -2.16. The van der Waals surface area contributed by atoms with E-state index >= 15 is 0 Å². The molecule has 4 aromatic carbocycles. The Morgan fingerprint density at radius 1 is 0.579 bits per heavy atom. The van der Waals surface area contributed by atoms with E-state index in [1.54, 1.807) is 8.80 Å². The Morgan fingerprint density at radius 2 is 0.974 bits per heavy atom. The molecule has 0 amide bonds. The van der Waals surface area contributed by atoms with E-state index in [-0.39, 0.29) is 11.1 Å². The highest BCUT2D eigenvalue weighted by Gasteiger charge is 2.27. The number of pyridine rings is 2. The monoisotopic (exact) mass is 616 g/mol. The van der Waals surface area contributed by atoms with Gasteiger partial charge in [-0.25, -0.2) is 0 Å². The molecule has 0 aliphatic rings. The number of fused-ring (bicyclic) bond motifs is 8. The summed E-state index contributed by atoms with van der Waals surface area (Å²) in [5, 5.41) is 25.1. The molecular formula is C30H10Br2N4O2. The van der Waals surface area contributed by atoms with Crippen molar-refractivity contribution in [3.63, 3.8) is 0 Å². The Morgan fingerprint density at radius 3 is 1.37 bits per heavy atom. The van der Waals surface area contributed by atoms with Crippen LogP contribution in [0.4, 0.5) is 0 Å². The van der Waals surface area contributed by atoms with Crippen molar-refractivity contribution < 1.29 is 0 Å². The van der Waals surface area contributed by atoms with E-state index in [4.69, 9.17) is 0 Å². The van der Waals surface area contributed by atoms with Gasteiger partial charge >= 0.3 is 0 Å². The molecule has 0 fully saturated rings. The van der Waals surface area contributed by atoms with Gasteiger partial charge in [-0.15, -0.1) is 0 Å². The van der Waals surface area contributed by atoms with Crippen LogP contribution >= 0.6 is 31.9 Å². The van der Waals surface area contributed by atoms with Crippen molar-refractivity contribution in [2.24, 2.45) is 0 Å². The molecule has 0 aliphatic heterocycles. The number of rotatable bonds is 0. The van der Waals surface area contributed by atoms with Gasteiger partial charge in [0.25, 0.3) is 11.1 Å². The summed E-state index contributed by atoms with van der Waals surface area (Å²) in [4.78, 5) is 28.3. The maximum atomic E-state index is 14.1. The quantitative estimate of drug-likeness (QED) is 0.175. The first-order valence-corrected chi connectivity index (χ1v) is 13.2. The van der Waals surface area contributed by atoms with Crippen LogP contribution in [0.25, 0.3) is 65.2 Å². The second kappa shape index (κ2) is 7.08. The zero-order chi connectivity index (χ0) is 26.0. The summed E-state index contributed by atoms with van der Waals surface area (Å²) in [6.45, 7) is 0. The van der Waals surface area contributed by atoms with Crippen LogP contribution in [-0.4, -0.2) is 8.80 Å². The van der Waals surface area contributed by atoms with E-state index in [9.17, 15) is 20.1 Å². The molecule has 0 atom stereocenters. The second-order valence-corrected chi connectivity index (χ2v) is 11.0. The minimum absolute atomic E-state index is 0.282. The molecule has 0 saturated carbocycles. The van der Waals surface area contributed by atoms with E-state index in [0.29, 0.717) is 85.2 Å². The van der Waals surface area contributed by atoms with Crippen LogP contribution in [0, 0.1) is 22.7 Å². The third-order valence-corrected chi connectivity index (χ3v) is 8.88. The summed E-state index contributed by atoms with van der Waals surface area (Å²) < 4.78 is 4.28. The fourth-order valence-electron chi connectivity index (χ4n) is 6.22. The van der Waals surface area contributed by atoms with Gasteiger partial charge in [-0.2, -0.15) is 10.5 Å². The van der Waals surface area contributed by atoms with Crippen molar-refractivity contribution in [2.45, 2.75) is 0 Å². The van der Waals surface area contributed by atoms with Crippen LogP contribution in [-0.2, 0) is 0 Å². The highest BCUT2D eigenvalue weighted by molar-refractivity contribution is 9.11. The van der Waals surface area contributed by atoms with Gasteiger partial charge in [0.2, 0.25) is 0 Å². The number of hydrogen-bond donors (Lipinski definition) is 0. The van der Waals surface area contributed by atoms with Crippen molar-refractivity contribution in [1.29, 1.82) is 10.5 Å². The van der Waals surface area contributed by atoms with Crippen LogP contribution < -0.4 is 11.1 Å². The Kier molecular flexibility index (Phi) is 4.02. The molecule has 0 saturated heterocycles. The molecule has 4 aromatic heterocycles. The molecule has 8 rings (SSSR count). The molecule has 8 aromatic rings. The van der Waals surface area contributed by atoms with Crippen LogP contribution in [0.1, 0.15) is 11.1 Å². The van der Waals surface area contributed by atoms with E-state index < -0.39 is 0 Å². The molecule has 6 nitrogen and oxygen atoms in total. The van der Waals surface area contributed by atoms with Crippen LogP contribution in [0.15, 0.2) is 79.2 Å². The van der Waals surface area contributed by atoms with Gasteiger partial charge in [-0.3, -0.25) is 18.4 Å². The van der Waals surface area contributed by atoms with Crippen molar-refractivity contribution in [2.75, 3.05) is 0 Å². The minimum atomic E-state index is -0.282. The van der Waals surface area contributed by atoms with Crippen LogP contribution in [0.2, 0.25) is 0 Å². The van der Waals surface area contributed by atoms with Gasteiger partial charge in [0.1, 0.15) is 12.1 Å². The Hall–Kier alpha value is -4.50. The number of para-hydroxylation sites is 2. The highest BCUT2D eigenvalue weighted by atomic mass is 79.9. The largest absolute Gasteiger partial charge is 0.274 e. The van der Waals surface area contributed by atoms with Crippen molar-refractivity contribution in [3.8, 4) is 12.1 Å². The molecule has 38 heavy (non-hydrogen) atoms. The lowest BCUT2D eigenvalue weighted by molar-refractivity contribution is 1.19. The van der Waals surface area contributed by atoms with E-state index in [0.717, 1.165) is 0 Å². The average molecular weight is 618 g/mol. The van der Waals surface area contributed by atoms with E-state index in [1.165, 1.54) is 0 Å². The lowest BCUT2D eigenvalue weighted by atomic mass is 9.94. The van der Waals surface area contributed by atoms with Crippen molar-refractivity contribution in [3.05, 3.63) is 101 Å². The highest BCUT2D eigenvalue weighted by Crippen LogP contribution is 2.44. The molecule has 0 radical (unpaired) electrons. The molecule has 0 N–H and O–H groups in total. The fraction of sp³-hybridized carbons (Fsp3) is 0. The van der Waals surface area contributed by atoms with Gasteiger partial charge in [0.05, 0.1) is 44.0 Å². The molecule has 8 heteroatoms. The molecule has 176 valence electrons. The van der Waals surface area contributed by atoms with Gasteiger partial charge < -0.3 is 0 Å². The zero-order valence-electron chi connectivity index (χ0n) is 19.1. The summed E-state index contributed by atoms with van der Waals surface area (Å²) >= 11 is 7.31. The maximum Gasteiger partial charge on any atom is 0.264 e.